The standard InChI is InChI=1S/C49H34O.H2S/c1-3-15-39-45-27-14-25-38(49(45)50-46(39)4-2)36-19-12-18-33(30-36)34-28-29-37-35(31-34)20-13-26-40(37)48-43-23-10-8-21-41(43)47(32-16-6-5-7-17-32)42-22-9-11-24-44(42)48;/h3-31H,1H2,2H3;1H2/b39-15-,46-4+;. The smallest absolute Gasteiger partial charge is 0.143 e. The number of furan rings is 1. The zero-order valence-electron chi connectivity index (χ0n) is 28.4. The molecule has 1 nitrogen and oxygen atoms in total. The van der Waals surface area contributed by atoms with E-state index in [-0.39, 0.29) is 13.5 Å². The van der Waals surface area contributed by atoms with Crippen molar-refractivity contribution in [2.24, 2.45) is 0 Å². The van der Waals surface area contributed by atoms with Crippen molar-refractivity contribution < 1.29 is 4.42 Å². The summed E-state index contributed by atoms with van der Waals surface area (Å²) in [5.74, 6) is 0. The van der Waals surface area contributed by atoms with Crippen molar-refractivity contribution in [1.82, 2.24) is 0 Å². The molecule has 51 heavy (non-hydrogen) atoms. The van der Waals surface area contributed by atoms with E-state index >= 15 is 0 Å². The fraction of sp³-hybridized carbons (Fsp3) is 0.0204. The highest BCUT2D eigenvalue weighted by Crippen LogP contribution is 2.45. The molecule has 0 unspecified atom stereocenters. The molecule has 0 amide bonds. The number of benzene rings is 8. The highest BCUT2D eigenvalue weighted by Gasteiger charge is 2.18. The minimum atomic E-state index is 0. The summed E-state index contributed by atoms with van der Waals surface area (Å²) in [5.41, 5.74) is 11.4. The Labute approximate surface area is 304 Å². The van der Waals surface area contributed by atoms with Gasteiger partial charge in [0.1, 0.15) is 11.0 Å². The van der Waals surface area contributed by atoms with Crippen LogP contribution in [0.25, 0.3) is 99.9 Å². The molecule has 0 radical (unpaired) electrons. The van der Waals surface area contributed by atoms with Gasteiger partial charge in [0.05, 0.1) is 0 Å². The Balaban J connectivity index is 0.00000374. The Morgan fingerprint density at radius 1 is 0.471 bits per heavy atom. The van der Waals surface area contributed by atoms with Gasteiger partial charge < -0.3 is 4.42 Å². The van der Waals surface area contributed by atoms with Crippen LogP contribution in [0.1, 0.15) is 6.92 Å². The van der Waals surface area contributed by atoms with Gasteiger partial charge in [0, 0.05) is 16.2 Å². The maximum Gasteiger partial charge on any atom is 0.143 e. The van der Waals surface area contributed by atoms with Crippen molar-refractivity contribution in [2.75, 3.05) is 0 Å². The summed E-state index contributed by atoms with van der Waals surface area (Å²) in [7, 11) is 0. The molecule has 8 aromatic carbocycles. The largest absolute Gasteiger partial charge is 0.456 e. The molecule has 0 N–H and O–H groups in total. The Bertz CT molecular complexity index is 2840. The van der Waals surface area contributed by atoms with Gasteiger partial charge in [-0.15, -0.1) is 0 Å². The van der Waals surface area contributed by atoms with E-state index in [1.165, 1.54) is 65.7 Å². The molecule has 1 heterocycles. The lowest BCUT2D eigenvalue weighted by molar-refractivity contribution is 0.576. The molecule has 0 atom stereocenters. The van der Waals surface area contributed by atoms with E-state index in [2.05, 4.69) is 164 Å². The molecule has 0 bridgehead atoms. The zero-order chi connectivity index (χ0) is 33.6. The van der Waals surface area contributed by atoms with E-state index in [4.69, 9.17) is 4.42 Å². The molecule has 9 aromatic rings. The quantitative estimate of drug-likeness (QED) is 0.166. The summed E-state index contributed by atoms with van der Waals surface area (Å²) in [6.07, 6.45) is 5.86. The average molecular weight is 673 g/mol. The van der Waals surface area contributed by atoms with E-state index < -0.39 is 0 Å². The molecule has 0 spiro atoms. The lowest BCUT2D eigenvalue weighted by atomic mass is 9.84. The number of hydrogen-bond acceptors (Lipinski definition) is 1. The van der Waals surface area contributed by atoms with Crippen molar-refractivity contribution >= 4 is 68.9 Å². The van der Waals surface area contributed by atoms with Gasteiger partial charge in [-0.05, 0) is 96.4 Å². The molecular formula is C49H36OS. The van der Waals surface area contributed by atoms with Gasteiger partial charge in [0.15, 0.2) is 0 Å². The Kier molecular flexibility index (Phi) is 8.39. The van der Waals surface area contributed by atoms with Gasteiger partial charge in [-0.25, -0.2) is 0 Å². The van der Waals surface area contributed by atoms with Gasteiger partial charge >= 0.3 is 0 Å². The van der Waals surface area contributed by atoms with Crippen LogP contribution in [-0.2, 0) is 0 Å². The second kappa shape index (κ2) is 13.3. The first kappa shape index (κ1) is 32.1. The van der Waals surface area contributed by atoms with Gasteiger partial charge in [-0.1, -0.05) is 164 Å². The van der Waals surface area contributed by atoms with Crippen LogP contribution < -0.4 is 10.6 Å². The fourth-order valence-corrected chi connectivity index (χ4v) is 7.77. The number of para-hydroxylation sites is 1. The van der Waals surface area contributed by atoms with Crippen LogP contribution in [0.3, 0.4) is 0 Å². The van der Waals surface area contributed by atoms with Gasteiger partial charge in [-0.2, -0.15) is 13.5 Å². The minimum Gasteiger partial charge on any atom is -0.456 e. The van der Waals surface area contributed by atoms with Crippen LogP contribution in [0.2, 0.25) is 0 Å². The molecular weight excluding hydrogens is 637 g/mol. The van der Waals surface area contributed by atoms with Crippen molar-refractivity contribution in [3.63, 3.8) is 0 Å². The van der Waals surface area contributed by atoms with Crippen molar-refractivity contribution in [1.29, 1.82) is 0 Å². The highest BCUT2D eigenvalue weighted by atomic mass is 32.1. The third-order valence-corrected chi connectivity index (χ3v) is 9.98. The first-order valence-corrected chi connectivity index (χ1v) is 17.2. The molecule has 0 aliphatic heterocycles. The Morgan fingerprint density at radius 3 is 1.75 bits per heavy atom. The Hall–Kier alpha value is -6.09. The maximum absolute atomic E-state index is 6.40. The predicted molar refractivity (Wildman–Crippen MR) is 225 cm³/mol. The summed E-state index contributed by atoms with van der Waals surface area (Å²) in [6.45, 7) is 5.93. The SMILES string of the molecule is C=C/C=c1\c(=C/C)oc2c(-c3cccc(-c4ccc5c(-c6c7ccccc7c(-c7ccccc7)c7ccccc67)cccc5c4)c3)cccc12.S. The molecule has 0 fully saturated rings. The number of hydrogen-bond donors (Lipinski definition) is 0. The van der Waals surface area contributed by atoms with E-state index in [1.807, 2.05) is 25.2 Å². The molecule has 1 aromatic heterocycles. The van der Waals surface area contributed by atoms with Crippen molar-refractivity contribution in [3.8, 4) is 44.5 Å². The first-order chi connectivity index (χ1) is 24.7. The molecule has 2 heteroatoms. The monoisotopic (exact) mass is 672 g/mol. The van der Waals surface area contributed by atoms with E-state index in [0.29, 0.717) is 0 Å². The van der Waals surface area contributed by atoms with Crippen molar-refractivity contribution in [3.05, 3.63) is 181 Å². The topological polar surface area (TPSA) is 13.1 Å². The summed E-state index contributed by atoms with van der Waals surface area (Å²) in [6, 6.07) is 57.3. The summed E-state index contributed by atoms with van der Waals surface area (Å²) in [4.78, 5) is 0. The lowest BCUT2D eigenvalue weighted by Gasteiger charge is -2.19. The van der Waals surface area contributed by atoms with Gasteiger partial charge in [0.25, 0.3) is 0 Å². The molecule has 0 aliphatic carbocycles. The summed E-state index contributed by atoms with van der Waals surface area (Å²) < 4.78 is 6.40. The van der Waals surface area contributed by atoms with Gasteiger partial charge in [-0.3, -0.25) is 0 Å². The molecule has 9 rings (SSSR count). The van der Waals surface area contributed by atoms with E-state index in [9.17, 15) is 0 Å². The second-order valence-corrected chi connectivity index (χ2v) is 12.8. The van der Waals surface area contributed by atoms with Crippen LogP contribution in [0.4, 0.5) is 0 Å². The van der Waals surface area contributed by atoms with Gasteiger partial charge in [0.2, 0.25) is 0 Å². The first-order valence-electron chi connectivity index (χ1n) is 17.2. The highest BCUT2D eigenvalue weighted by molar-refractivity contribution is 7.59. The second-order valence-electron chi connectivity index (χ2n) is 12.8. The number of fused-ring (bicyclic) bond motifs is 4. The predicted octanol–water partition coefficient (Wildman–Crippen LogP) is 12.4. The lowest BCUT2D eigenvalue weighted by Crippen LogP contribution is -2.18. The normalized spacial score (nSPS) is 12.2. The molecule has 244 valence electrons. The summed E-state index contributed by atoms with van der Waals surface area (Å²) in [5, 5.41) is 9.67. The summed E-state index contributed by atoms with van der Waals surface area (Å²) >= 11 is 0. The van der Waals surface area contributed by atoms with Crippen LogP contribution in [0.15, 0.2) is 175 Å². The van der Waals surface area contributed by atoms with Crippen molar-refractivity contribution in [2.45, 2.75) is 6.92 Å². The maximum atomic E-state index is 6.40. The molecule has 0 saturated heterocycles. The van der Waals surface area contributed by atoms with Crippen LogP contribution in [-0.4, -0.2) is 0 Å². The van der Waals surface area contributed by atoms with E-state index in [0.717, 1.165) is 32.7 Å². The van der Waals surface area contributed by atoms with Crippen LogP contribution >= 0.6 is 13.5 Å². The number of rotatable bonds is 5. The van der Waals surface area contributed by atoms with E-state index in [1.54, 1.807) is 0 Å². The fourth-order valence-electron chi connectivity index (χ4n) is 7.77. The van der Waals surface area contributed by atoms with Crippen LogP contribution in [0.5, 0.6) is 0 Å². The minimum absolute atomic E-state index is 0. The molecule has 0 aliphatic rings. The Morgan fingerprint density at radius 2 is 1.04 bits per heavy atom. The third kappa shape index (κ3) is 5.36. The third-order valence-electron chi connectivity index (χ3n) is 9.98. The van der Waals surface area contributed by atoms with Crippen LogP contribution in [0, 0.1) is 0 Å². The number of allylic oxidation sites excluding steroid dienone is 1. The molecule has 0 saturated carbocycles. The zero-order valence-corrected chi connectivity index (χ0v) is 29.4. The average Bonchev–Trinajstić information content (AvgIpc) is 3.54.